The first kappa shape index (κ1) is 30.2. The fraction of sp³-hybridized carbons (Fsp3) is 0.478. The van der Waals surface area contributed by atoms with Crippen LogP contribution < -0.4 is 27.2 Å². The van der Waals surface area contributed by atoms with E-state index in [9.17, 15) is 13.2 Å². The number of anilines is 4. The molecule has 0 aliphatic heterocycles. The van der Waals surface area contributed by atoms with E-state index in [1.807, 2.05) is 32.3 Å². The number of nitrogens with two attached hydrogens (primary N) is 1. The first-order chi connectivity index (χ1) is 17.4. The van der Waals surface area contributed by atoms with Gasteiger partial charge in [-0.05, 0) is 51.6 Å². The van der Waals surface area contributed by atoms with Crippen molar-refractivity contribution in [3.05, 3.63) is 47.8 Å². The second-order valence-electron chi connectivity index (χ2n) is 8.69. The molecule has 0 amide bonds. The van der Waals surface area contributed by atoms with Crippen LogP contribution in [0.5, 0.6) is 0 Å². The lowest BCUT2D eigenvalue weighted by molar-refractivity contribution is -1.28. The molecule has 0 saturated heterocycles. The van der Waals surface area contributed by atoms with E-state index in [1.165, 1.54) is 0 Å². The van der Waals surface area contributed by atoms with E-state index in [4.69, 9.17) is 16.3 Å². The SMILES string of the molecule is CCC/C=C(\CCN(C)C)Nc1cccc(Nc2ncc(C(F)(F)F)c(NCCCN[N+](N)(O)O)n2)c1. The highest BCUT2D eigenvalue weighted by Gasteiger charge is 2.35. The van der Waals surface area contributed by atoms with Gasteiger partial charge in [0.15, 0.2) is 0 Å². The molecular weight excluding hydrogens is 491 g/mol. The number of allylic oxidation sites excluding steroid dienone is 1. The minimum Gasteiger partial charge on any atom is -0.369 e. The normalized spacial score (nSPS) is 12.6. The zero-order chi connectivity index (χ0) is 27.5. The smallest absolute Gasteiger partial charge is 0.369 e. The summed E-state index contributed by atoms with van der Waals surface area (Å²) in [6, 6.07) is 7.32. The molecule has 0 fully saturated rings. The molecule has 8 N–H and O–H groups in total. The Labute approximate surface area is 214 Å². The molecule has 37 heavy (non-hydrogen) atoms. The van der Waals surface area contributed by atoms with Crippen LogP contribution in [-0.4, -0.2) is 64.0 Å². The number of quaternary nitrogens is 1. The van der Waals surface area contributed by atoms with Gasteiger partial charge in [-0.2, -0.15) is 18.2 Å². The minimum atomic E-state index is -4.66. The Kier molecular flexibility index (Phi) is 11.5. The number of nitrogens with one attached hydrogen (secondary N) is 4. The van der Waals surface area contributed by atoms with Crippen molar-refractivity contribution in [1.29, 1.82) is 0 Å². The van der Waals surface area contributed by atoms with Crippen molar-refractivity contribution in [1.82, 2.24) is 20.3 Å². The number of halogens is 3. The van der Waals surface area contributed by atoms with Gasteiger partial charge < -0.3 is 20.9 Å². The predicted molar refractivity (Wildman–Crippen MR) is 136 cm³/mol. The summed E-state index contributed by atoms with van der Waals surface area (Å²) in [7, 11) is 4.03. The molecule has 1 aromatic heterocycles. The second-order valence-corrected chi connectivity index (χ2v) is 8.69. The van der Waals surface area contributed by atoms with E-state index in [0.717, 1.165) is 37.2 Å². The van der Waals surface area contributed by atoms with Crippen LogP contribution in [0.15, 0.2) is 42.2 Å². The highest BCUT2D eigenvalue weighted by Crippen LogP contribution is 2.34. The molecular formula is C23H37F3N9O2+. The number of aromatic nitrogens is 2. The van der Waals surface area contributed by atoms with Gasteiger partial charge >= 0.3 is 6.18 Å². The third-order valence-electron chi connectivity index (χ3n) is 5.02. The zero-order valence-electron chi connectivity index (χ0n) is 21.3. The molecule has 1 aromatic carbocycles. The van der Waals surface area contributed by atoms with Gasteiger partial charge in [0.05, 0.1) is 11.6 Å². The average molecular weight is 529 g/mol. The predicted octanol–water partition coefficient (Wildman–Crippen LogP) is 4.06. The molecule has 0 bridgehead atoms. The van der Waals surface area contributed by atoms with Crippen LogP contribution in [0, 0.1) is 0 Å². The number of alkyl halides is 3. The van der Waals surface area contributed by atoms with Crippen molar-refractivity contribution in [3.8, 4) is 0 Å². The summed E-state index contributed by atoms with van der Waals surface area (Å²) in [6.07, 6.45) is 1.29. The van der Waals surface area contributed by atoms with E-state index < -0.39 is 22.6 Å². The van der Waals surface area contributed by atoms with E-state index in [1.54, 1.807) is 6.07 Å². The second kappa shape index (κ2) is 14.1. The summed E-state index contributed by atoms with van der Waals surface area (Å²) in [5.41, 5.74) is 3.65. The van der Waals surface area contributed by atoms with Gasteiger partial charge in [0.25, 0.3) is 0 Å². The molecule has 2 aromatic rings. The average Bonchev–Trinajstić information content (AvgIpc) is 2.79. The monoisotopic (exact) mass is 528 g/mol. The summed E-state index contributed by atoms with van der Waals surface area (Å²) < 4.78 is 40.4. The van der Waals surface area contributed by atoms with Crippen molar-refractivity contribution >= 4 is 23.1 Å². The summed E-state index contributed by atoms with van der Waals surface area (Å²) in [4.78, 5) is 9.97. The summed E-state index contributed by atoms with van der Waals surface area (Å²) in [5.74, 6) is 4.51. The highest BCUT2D eigenvalue weighted by atomic mass is 19.4. The largest absolute Gasteiger partial charge is 0.421 e. The molecule has 0 atom stereocenters. The summed E-state index contributed by atoms with van der Waals surface area (Å²) in [5, 5.41) is 25.0. The molecule has 0 spiro atoms. The zero-order valence-corrected chi connectivity index (χ0v) is 21.3. The van der Waals surface area contributed by atoms with Gasteiger partial charge in [-0.1, -0.05) is 36.8 Å². The standard InChI is InChI=1S/C23H37F3N9O2/c1-4-5-8-17(11-14-34(2)3)31-18-9-6-10-19(15-18)32-22-29-16-20(23(24,25)26)21(33-22)28-12-7-13-30-35(27,36)37/h6,8-10,15-16,30-31,36-37H,4-5,7,11-14,27H2,1-3H3,(H2,28,29,32,33)/q+1/b17-8+. The van der Waals surface area contributed by atoms with E-state index in [-0.39, 0.29) is 25.5 Å². The van der Waals surface area contributed by atoms with Crippen LogP contribution in [0.2, 0.25) is 0 Å². The molecule has 11 nitrogen and oxygen atoms in total. The number of rotatable bonds is 15. The van der Waals surface area contributed by atoms with Crippen LogP contribution in [-0.2, 0) is 6.18 Å². The van der Waals surface area contributed by atoms with Crippen LogP contribution in [0.25, 0.3) is 0 Å². The summed E-state index contributed by atoms with van der Waals surface area (Å²) in [6.45, 7) is 3.09. The maximum Gasteiger partial charge on any atom is 0.421 e. The Morgan fingerprint density at radius 1 is 1.19 bits per heavy atom. The number of hydrogen-bond donors (Lipinski definition) is 7. The van der Waals surface area contributed by atoms with Crippen molar-refractivity contribution in [2.75, 3.05) is 49.7 Å². The quantitative estimate of drug-likeness (QED) is 0.0782. The molecule has 14 heteroatoms. The molecule has 1 heterocycles. The van der Waals surface area contributed by atoms with Crippen LogP contribution in [0.4, 0.5) is 36.3 Å². The molecule has 0 radical (unpaired) electrons. The van der Waals surface area contributed by atoms with Crippen LogP contribution in [0.1, 0.15) is 38.2 Å². The van der Waals surface area contributed by atoms with Crippen molar-refractivity contribution in [3.63, 3.8) is 0 Å². The third kappa shape index (κ3) is 11.7. The lowest BCUT2D eigenvalue weighted by atomic mass is 10.2. The van der Waals surface area contributed by atoms with E-state index in [2.05, 4.69) is 49.2 Å². The van der Waals surface area contributed by atoms with Gasteiger partial charge in [-0.25, -0.2) is 4.98 Å². The number of nitrogens with zero attached hydrogens (tertiary/aromatic N) is 4. The molecule has 0 aliphatic rings. The molecule has 0 aliphatic carbocycles. The van der Waals surface area contributed by atoms with Crippen LogP contribution >= 0.6 is 0 Å². The Morgan fingerprint density at radius 2 is 1.92 bits per heavy atom. The molecule has 0 unspecified atom stereocenters. The maximum absolute atomic E-state index is 13.5. The van der Waals surface area contributed by atoms with Gasteiger partial charge in [-0.15, -0.1) is 10.4 Å². The van der Waals surface area contributed by atoms with Crippen LogP contribution in [0.3, 0.4) is 0 Å². The number of unbranched alkanes of at least 4 members (excludes halogenated alkanes) is 1. The third-order valence-corrected chi connectivity index (χ3v) is 5.02. The maximum atomic E-state index is 13.5. The Balaban J connectivity index is 2.13. The molecule has 2 rings (SSSR count). The van der Waals surface area contributed by atoms with Gasteiger partial charge in [0, 0.05) is 36.4 Å². The van der Waals surface area contributed by atoms with Crippen molar-refractivity contribution in [2.45, 2.75) is 38.8 Å². The Morgan fingerprint density at radius 3 is 2.57 bits per heavy atom. The lowest BCUT2D eigenvalue weighted by Crippen LogP contribution is -2.58. The lowest BCUT2D eigenvalue weighted by Gasteiger charge is -2.17. The Hall–Kier alpha value is -3.01. The minimum absolute atomic E-state index is 0.0107. The fourth-order valence-electron chi connectivity index (χ4n) is 3.19. The van der Waals surface area contributed by atoms with E-state index >= 15 is 0 Å². The fourth-order valence-corrected chi connectivity index (χ4v) is 3.19. The first-order valence-corrected chi connectivity index (χ1v) is 11.9. The number of hydrogen-bond acceptors (Lipinski definition) is 10. The van der Waals surface area contributed by atoms with Crippen molar-refractivity contribution < 1.29 is 28.6 Å². The van der Waals surface area contributed by atoms with E-state index in [0.29, 0.717) is 11.9 Å². The number of benzene rings is 1. The molecule has 206 valence electrons. The first-order valence-electron chi connectivity index (χ1n) is 11.9. The topological polar surface area (TPSA) is 144 Å². The van der Waals surface area contributed by atoms with Gasteiger partial charge in [0.1, 0.15) is 11.4 Å². The Bertz CT molecular complexity index is 1010. The summed E-state index contributed by atoms with van der Waals surface area (Å²) >= 11 is 0. The van der Waals surface area contributed by atoms with Crippen molar-refractivity contribution in [2.24, 2.45) is 5.84 Å². The highest BCUT2D eigenvalue weighted by molar-refractivity contribution is 5.63. The van der Waals surface area contributed by atoms with Gasteiger partial charge in [0.2, 0.25) is 5.95 Å². The van der Waals surface area contributed by atoms with Gasteiger partial charge in [-0.3, -0.25) is 0 Å². The molecule has 0 saturated carbocycles.